The predicted molar refractivity (Wildman–Crippen MR) is 149 cm³/mol. The van der Waals surface area contributed by atoms with E-state index in [-0.39, 0.29) is 5.91 Å². The van der Waals surface area contributed by atoms with Crippen molar-refractivity contribution in [3.63, 3.8) is 0 Å². The molecule has 1 amide bonds. The third-order valence-corrected chi connectivity index (χ3v) is 5.80. The van der Waals surface area contributed by atoms with E-state index >= 15 is 0 Å². The lowest BCUT2D eigenvalue weighted by Crippen LogP contribution is -2.46. The maximum atomic E-state index is 12.5. The van der Waals surface area contributed by atoms with Crippen LogP contribution in [0.4, 0.5) is 0 Å². The van der Waals surface area contributed by atoms with Crippen molar-refractivity contribution in [2.24, 2.45) is 0 Å². The molecule has 0 aliphatic rings. The lowest BCUT2D eigenvalue weighted by Gasteiger charge is -2.11. The van der Waals surface area contributed by atoms with Crippen LogP contribution < -0.4 is 25.6 Å². The number of thiocarbonyl (C=S) groups is 1. The highest BCUT2D eigenvalue weighted by molar-refractivity contribution is 7.80. The Morgan fingerprint density at radius 2 is 1.51 bits per heavy atom. The topological polar surface area (TPSA) is 89.4 Å². The van der Waals surface area contributed by atoms with Gasteiger partial charge in [0.1, 0.15) is 11.5 Å². The monoisotopic (exact) mass is 513 g/mol. The molecule has 1 heterocycles. The molecule has 3 aromatic carbocycles. The molecule has 0 aliphatic heterocycles. The first kappa shape index (κ1) is 25.5. The number of ether oxygens (including phenoxy) is 2. The first-order valence-electron chi connectivity index (χ1n) is 11.5. The lowest BCUT2D eigenvalue weighted by atomic mass is 10.1. The molecular weight excluding hydrogens is 486 g/mol. The van der Waals surface area contributed by atoms with E-state index in [1.807, 2.05) is 71.4 Å². The number of nitrogens with one attached hydrogen (secondary N) is 3. The second kappa shape index (κ2) is 11.9. The molecule has 0 bridgehead atoms. The number of hydrogen-bond donors (Lipinski definition) is 3. The van der Waals surface area contributed by atoms with Gasteiger partial charge in [-0.2, -0.15) is 5.10 Å². The molecule has 3 N–H and O–H groups in total. The first-order valence-corrected chi connectivity index (χ1v) is 11.9. The molecule has 0 fully saturated rings. The van der Waals surface area contributed by atoms with Crippen LogP contribution in [0.5, 0.6) is 11.5 Å². The predicted octanol–water partition coefficient (Wildman–Crippen LogP) is 4.52. The van der Waals surface area contributed by atoms with Gasteiger partial charge in [-0.15, -0.1) is 6.58 Å². The number of carbonyl (C=O) groups excluding carboxylic acids is 1. The van der Waals surface area contributed by atoms with Crippen molar-refractivity contribution < 1.29 is 14.3 Å². The summed E-state index contributed by atoms with van der Waals surface area (Å²) in [5.41, 5.74) is 10.1. The summed E-state index contributed by atoms with van der Waals surface area (Å²) in [5, 5.41) is 8.07. The van der Waals surface area contributed by atoms with E-state index in [0.29, 0.717) is 17.2 Å². The van der Waals surface area contributed by atoms with Gasteiger partial charge in [-0.25, -0.2) is 4.68 Å². The van der Waals surface area contributed by atoms with Gasteiger partial charge < -0.3 is 14.8 Å². The number of aromatic nitrogens is 2. The third kappa shape index (κ3) is 6.14. The summed E-state index contributed by atoms with van der Waals surface area (Å²) in [7, 11) is 3.28. The molecule has 0 aliphatic carbocycles. The summed E-state index contributed by atoms with van der Waals surface area (Å²) in [5.74, 6) is 1.23. The number of amides is 1. The molecule has 0 unspecified atom stereocenters. The molecule has 0 saturated heterocycles. The minimum atomic E-state index is -0.316. The van der Waals surface area contributed by atoms with Crippen LogP contribution in [0.1, 0.15) is 10.4 Å². The average Bonchev–Trinajstić information content (AvgIpc) is 3.40. The van der Waals surface area contributed by atoms with Crippen LogP contribution in [0.3, 0.4) is 0 Å². The van der Waals surface area contributed by atoms with Gasteiger partial charge in [0.05, 0.1) is 31.3 Å². The quantitative estimate of drug-likeness (QED) is 0.181. The second-order valence-electron chi connectivity index (χ2n) is 7.91. The molecule has 4 rings (SSSR count). The van der Waals surface area contributed by atoms with E-state index in [9.17, 15) is 4.79 Å². The highest BCUT2D eigenvalue weighted by Crippen LogP contribution is 2.30. The van der Waals surface area contributed by atoms with Gasteiger partial charge in [-0.1, -0.05) is 6.08 Å². The van der Waals surface area contributed by atoms with Crippen molar-refractivity contribution in [2.75, 3.05) is 20.8 Å². The zero-order chi connectivity index (χ0) is 26.2. The molecule has 0 saturated carbocycles. The Labute approximate surface area is 220 Å². The van der Waals surface area contributed by atoms with Gasteiger partial charge in [0.25, 0.3) is 5.91 Å². The second-order valence-corrected chi connectivity index (χ2v) is 8.32. The van der Waals surface area contributed by atoms with E-state index in [2.05, 4.69) is 22.7 Å². The van der Waals surface area contributed by atoms with Crippen molar-refractivity contribution in [3.05, 3.63) is 97.1 Å². The average molecular weight is 514 g/mol. The zero-order valence-corrected chi connectivity index (χ0v) is 21.3. The van der Waals surface area contributed by atoms with Crippen molar-refractivity contribution in [3.8, 4) is 39.7 Å². The summed E-state index contributed by atoms with van der Waals surface area (Å²) in [4.78, 5) is 12.5. The van der Waals surface area contributed by atoms with Crippen LogP contribution in [-0.2, 0) is 0 Å². The summed E-state index contributed by atoms with van der Waals surface area (Å²) >= 11 is 5.09. The Balaban J connectivity index is 1.63. The third-order valence-electron chi connectivity index (χ3n) is 5.55. The molecule has 0 radical (unpaired) electrons. The van der Waals surface area contributed by atoms with Crippen molar-refractivity contribution >= 4 is 23.2 Å². The first-order chi connectivity index (χ1) is 18.0. The molecule has 0 spiro atoms. The number of nitrogens with zero attached hydrogens (tertiary/aromatic N) is 2. The maximum absolute atomic E-state index is 12.5. The molecule has 4 aromatic rings. The maximum Gasteiger partial charge on any atom is 0.269 e. The van der Waals surface area contributed by atoms with Crippen LogP contribution in [0.15, 0.2) is 91.5 Å². The molecule has 9 heteroatoms. The highest BCUT2D eigenvalue weighted by Gasteiger charge is 2.15. The number of hydrazine groups is 1. The zero-order valence-electron chi connectivity index (χ0n) is 20.5. The molecule has 8 nitrogen and oxygen atoms in total. The summed E-state index contributed by atoms with van der Waals surface area (Å²) in [6.45, 7) is 4.11. The minimum Gasteiger partial charge on any atom is -0.497 e. The number of hydrogen-bond acceptors (Lipinski definition) is 5. The molecule has 0 atom stereocenters. The fraction of sp³-hybridized carbons (Fsp3) is 0.107. The van der Waals surface area contributed by atoms with Crippen molar-refractivity contribution in [1.82, 2.24) is 25.9 Å². The van der Waals surface area contributed by atoms with Crippen molar-refractivity contribution in [1.29, 1.82) is 0 Å². The lowest BCUT2D eigenvalue weighted by molar-refractivity contribution is 0.0943. The normalized spacial score (nSPS) is 10.3. The SMILES string of the molecule is C=CCNC(=S)NNC(=O)c1ccc(-n2nc(-c3ccc(OC)cc3)cc2-c2ccc(OC)cc2)cc1. The van der Waals surface area contributed by atoms with E-state index in [4.69, 9.17) is 26.8 Å². The van der Waals surface area contributed by atoms with Gasteiger partial charge in [0.2, 0.25) is 0 Å². The standard InChI is InChI=1S/C28H27N5O3S/c1-4-17-29-28(37)31-30-27(34)21-5-11-22(12-6-21)33-26(20-9-15-24(36-3)16-10-20)18-25(32-33)19-7-13-23(35-2)14-8-19/h4-16,18H,1,17H2,2-3H3,(H,30,34)(H2,29,31,37). The Bertz CT molecular complexity index is 1380. The molecule has 188 valence electrons. The van der Waals surface area contributed by atoms with E-state index in [1.165, 1.54) is 0 Å². The minimum absolute atomic E-state index is 0.302. The number of methoxy groups -OCH3 is 2. The smallest absolute Gasteiger partial charge is 0.269 e. The van der Waals surface area contributed by atoms with Gasteiger partial charge in [0, 0.05) is 23.2 Å². The van der Waals surface area contributed by atoms with Crippen LogP contribution >= 0.6 is 12.2 Å². The largest absolute Gasteiger partial charge is 0.497 e. The van der Waals surface area contributed by atoms with Crippen LogP contribution in [0.25, 0.3) is 28.2 Å². The highest BCUT2D eigenvalue weighted by atomic mass is 32.1. The molecular formula is C28H27N5O3S. The summed E-state index contributed by atoms with van der Waals surface area (Å²) in [6, 6.07) is 24.7. The van der Waals surface area contributed by atoms with E-state index in [0.717, 1.165) is 39.7 Å². The van der Waals surface area contributed by atoms with Crippen molar-refractivity contribution in [2.45, 2.75) is 0 Å². The number of carbonyl (C=O) groups is 1. The Kier molecular flexibility index (Phi) is 8.17. The summed E-state index contributed by atoms with van der Waals surface area (Å²) < 4.78 is 12.5. The fourth-order valence-corrected chi connectivity index (χ4v) is 3.73. The van der Waals surface area contributed by atoms with Gasteiger partial charge in [-0.05, 0) is 91.1 Å². The van der Waals surface area contributed by atoms with Gasteiger partial charge in [0.15, 0.2) is 5.11 Å². The van der Waals surface area contributed by atoms with E-state index in [1.54, 1.807) is 32.4 Å². The van der Waals surface area contributed by atoms with Gasteiger partial charge >= 0.3 is 0 Å². The Morgan fingerprint density at radius 1 is 0.919 bits per heavy atom. The van der Waals surface area contributed by atoms with E-state index < -0.39 is 0 Å². The Morgan fingerprint density at radius 3 is 2.08 bits per heavy atom. The van der Waals surface area contributed by atoms with Crippen LogP contribution in [0, 0.1) is 0 Å². The summed E-state index contributed by atoms with van der Waals surface area (Å²) in [6.07, 6.45) is 1.67. The van der Waals surface area contributed by atoms with Crippen LogP contribution in [0.2, 0.25) is 0 Å². The number of rotatable bonds is 8. The number of benzene rings is 3. The Hall–Kier alpha value is -4.63. The van der Waals surface area contributed by atoms with Crippen LogP contribution in [-0.4, -0.2) is 41.6 Å². The molecule has 1 aromatic heterocycles. The fourth-order valence-electron chi connectivity index (χ4n) is 3.60. The van der Waals surface area contributed by atoms with Gasteiger partial charge in [-0.3, -0.25) is 15.6 Å². The molecule has 37 heavy (non-hydrogen) atoms.